The average molecular weight is 221 g/mol. The topological polar surface area (TPSA) is 46.0 Å². The molecule has 1 aromatic rings. The molecule has 0 spiro atoms. The standard InChI is InChI=1S/C8H10Cl2N2O/c1-4(2)7(13)6-8(10)12-5(9)3-11-6/h3-4,7,13H,1-2H3. The maximum atomic E-state index is 9.64. The third-order valence-corrected chi connectivity index (χ3v) is 2.10. The van der Waals surface area contributed by atoms with Crippen molar-refractivity contribution in [2.45, 2.75) is 20.0 Å². The minimum absolute atomic E-state index is 0.0491. The molecule has 13 heavy (non-hydrogen) atoms. The first-order chi connectivity index (χ1) is 6.02. The molecule has 1 aromatic heterocycles. The Morgan fingerprint density at radius 1 is 1.38 bits per heavy atom. The van der Waals surface area contributed by atoms with Crippen LogP contribution in [0.15, 0.2) is 6.20 Å². The second-order valence-corrected chi connectivity index (χ2v) is 3.80. The lowest BCUT2D eigenvalue weighted by atomic mass is 10.1. The molecular formula is C8H10Cl2N2O. The average Bonchev–Trinajstić information content (AvgIpc) is 2.03. The fourth-order valence-corrected chi connectivity index (χ4v) is 1.30. The second kappa shape index (κ2) is 4.22. The fraction of sp³-hybridized carbons (Fsp3) is 0.500. The van der Waals surface area contributed by atoms with Gasteiger partial charge in [0.25, 0.3) is 0 Å². The minimum Gasteiger partial charge on any atom is -0.386 e. The lowest BCUT2D eigenvalue weighted by Crippen LogP contribution is -2.09. The normalized spacial score (nSPS) is 13.4. The zero-order chi connectivity index (χ0) is 10.0. The molecule has 1 N–H and O–H groups in total. The fourth-order valence-electron chi connectivity index (χ4n) is 0.870. The Morgan fingerprint density at radius 2 is 2.00 bits per heavy atom. The Hall–Kier alpha value is -0.380. The number of nitrogens with zero attached hydrogens (tertiary/aromatic N) is 2. The van der Waals surface area contributed by atoms with Crippen LogP contribution in [0.4, 0.5) is 0 Å². The molecule has 0 radical (unpaired) electrons. The Labute approximate surface area is 86.7 Å². The van der Waals surface area contributed by atoms with Gasteiger partial charge in [-0.3, -0.25) is 4.98 Å². The summed E-state index contributed by atoms with van der Waals surface area (Å²) in [5.74, 6) is 0.0491. The number of hydrogen-bond donors (Lipinski definition) is 1. The Kier molecular flexibility index (Phi) is 3.47. The first-order valence-electron chi connectivity index (χ1n) is 3.88. The van der Waals surface area contributed by atoms with Crippen LogP contribution < -0.4 is 0 Å². The predicted molar refractivity (Wildman–Crippen MR) is 51.8 cm³/mol. The summed E-state index contributed by atoms with van der Waals surface area (Å²) < 4.78 is 0. The van der Waals surface area contributed by atoms with Crippen molar-refractivity contribution in [2.75, 3.05) is 0 Å². The monoisotopic (exact) mass is 220 g/mol. The van der Waals surface area contributed by atoms with Crippen molar-refractivity contribution in [2.24, 2.45) is 5.92 Å². The van der Waals surface area contributed by atoms with E-state index in [0.29, 0.717) is 5.69 Å². The van der Waals surface area contributed by atoms with Gasteiger partial charge in [-0.2, -0.15) is 0 Å². The van der Waals surface area contributed by atoms with E-state index < -0.39 is 6.10 Å². The molecule has 0 aliphatic rings. The highest BCUT2D eigenvalue weighted by Crippen LogP contribution is 2.25. The van der Waals surface area contributed by atoms with Crippen molar-refractivity contribution in [3.8, 4) is 0 Å². The highest BCUT2D eigenvalue weighted by molar-refractivity contribution is 6.32. The SMILES string of the molecule is CC(C)C(O)c1ncc(Cl)nc1Cl. The summed E-state index contributed by atoms with van der Waals surface area (Å²) in [6, 6.07) is 0. The molecule has 0 bridgehead atoms. The summed E-state index contributed by atoms with van der Waals surface area (Å²) in [6.45, 7) is 3.74. The van der Waals surface area contributed by atoms with Crippen molar-refractivity contribution in [1.29, 1.82) is 0 Å². The molecule has 5 heteroatoms. The quantitative estimate of drug-likeness (QED) is 0.834. The lowest BCUT2D eigenvalue weighted by Gasteiger charge is -2.14. The van der Waals surface area contributed by atoms with Gasteiger partial charge in [0, 0.05) is 0 Å². The summed E-state index contributed by atoms with van der Waals surface area (Å²) in [7, 11) is 0. The second-order valence-electron chi connectivity index (χ2n) is 3.06. The van der Waals surface area contributed by atoms with Gasteiger partial charge in [0.1, 0.15) is 17.0 Å². The van der Waals surface area contributed by atoms with Crippen LogP contribution in [-0.4, -0.2) is 15.1 Å². The summed E-state index contributed by atoms with van der Waals surface area (Å²) >= 11 is 11.3. The van der Waals surface area contributed by atoms with Crippen LogP contribution in [0, 0.1) is 5.92 Å². The van der Waals surface area contributed by atoms with Crippen molar-refractivity contribution < 1.29 is 5.11 Å². The van der Waals surface area contributed by atoms with Gasteiger partial charge in [-0.15, -0.1) is 0 Å². The molecule has 0 saturated carbocycles. The number of aromatic nitrogens is 2. The van der Waals surface area contributed by atoms with Gasteiger partial charge in [0.15, 0.2) is 5.15 Å². The van der Waals surface area contributed by atoms with E-state index in [1.165, 1.54) is 6.20 Å². The van der Waals surface area contributed by atoms with Gasteiger partial charge in [0.2, 0.25) is 0 Å². The van der Waals surface area contributed by atoms with E-state index in [4.69, 9.17) is 23.2 Å². The third kappa shape index (κ3) is 2.53. The smallest absolute Gasteiger partial charge is 0.155 e. The van der Waals surface area contributed by atoms with Gasteiger partial charge >= 0.3 is 0 Å². The molecule has 72 valence electrons. The summed E-state index contributed by atoms with van der Waals surface area (Å²) in [5.41, 5.74) is 0.376. The van der Waals surface area contributed by atoms with Crippen LogP contribution in [-0.2, 0) is 0 Å². The maximum absolute atomic E-state index is 9.64. The first-order valence-corrected chi connectivity index (χ1v) is 4.64. The van der Waals surface area contributed by atoms with E-state index in [1.807, 2.05) is 13.8 Å². The largest absolute Gasteiger partial charge is 0.386 e. The molecular weight excluding hydrogens is 211 g/mol. The van der Waals surface area contributed by atoms with Crippen LogP contribution in [0.5, 0.6) is 0 Å². The molecule has 1 atom stereocenters. The van der Waals surface area contributed by atoms with Crippen LogP contribution in [0.3, 0.4) is 0 Å². The number of hydrogen-bond acceptors (Lipinski definition) is 3. The summed E-state index contributed by atoms with van der Waals surface area (Å²) in [4.78, 5) is 7.71. The first kappa shape index (κ1) is 10.7. The molecule has 3 nitrogen and oxygen atoms in total. The lowest BCUT2D eigenvalue weighted by molar-refractivity contribution is 0.122. The third-order valence-electron chi connectivity index (χ3n) is 1.64. The van der Waals surface area contributed by atoms with Gasteiger partial charge in [-0.05, 0) is 5.92 Å². The number of aliphatic hydroxyl groups is 1. The zero-order valence-corrected chi connectivity index (χ0v) is 8.84. The van der Waals surface area contributed by atoms with E-state index in [1.54, 1.807) is 0 Å². The molecule has 0 fully saturated rings. The van der Waals surface area contributed by atoms with Crippen LogP contribution >= 0.6 is 23.2 Å². The van der Waals surface area contributed by atoms with E-state index >= 15 is 0 Å². The van der Waals surface area contributed by atoms with Crippen LogP contribution in [0.25, 0.3) is 0 Å². The van der Waals surface area contributed by atoms with Crippen molar-refractivity contribution in [3.05, 3.63) is 22.2 Å². The van der Waals surface area contributed by atoms with E-state index in [9.17, 15) is 5.11 Å². The Balaban J connectivity index is 3.01. The zero-order valence-electron chi connectivity index (χ0n) is 7.33. The van der Waals surface area contributed by atoms with Crippen LogP contribution in [0.2, 0.25) is 10.3 Å². The maximum Gasteiger partial charge on any atom is 0.155 e. The Morgan fingerprint density at radius 3 is 2.46 bits per heavy atom. The molecule has 0 aliphatic heterocycles. The molecule has 1 rings (SSSR count). The molecule has 0 aliphatic carbocycles. The molecule has 0 saturated heterocycles. The van der Waals surface area contributed by atoms with Gasteiger partial charge in [0.05, 0.1) is 6.20 Å². The minimum atomic E-state index is -0.697. The van der Waals surface area contributed by atoms with Crippen molar-refractivity contribution in [1.82, 2.24) is 9.97 Å². The molecule has 0 aromatic carbocycles. The van der Waals surface area contributed by atoms with Gasteiger partial charge < -0.3 is 5.11 Å². The highest BCUT2D eigenvalue weighted by atomic mass is 35.5. The molecule has 1 unspecified atom stereocenters. The molecule has 1 heterocycles. The summed E-state index contributed by atoms with van der Waals surface area (Å²) in [6.07, 6.45) is 0.672. The predicted octanol–water partition coefficient (Wildman–Crippen LogP) is 2.47. The van der Waals surface area contributed by atoms with Gasteiger partial charge in [-0.1, -0.05) is 37.0 Å². The molecule has 0 amide bonds. The van der Waals surface area contributed by atoms with Crippen molar-refractivity contribution in [3.63, 3.8) is 0 Å². The summed E-state index contributed by atoms with van der Waals surface area (Å²) in [5, 5.41) is 10.0. The van der Waals surface area contributed by atoms with Crippen molar-refractivity contribution >= 4 is 23.2 Å². The number of halogens is 2. The Bertz CT molecular complexity index is 304. The van der Waals surface area contributed by atoms with E-state index in [-0.39, 0.29) is 16.2 Å². The van der Waals surface area contributed by atoms with Crippen LogP contribution in [0.1, 0.15) is 25.6 Å². The highest BCUT2D eigenvalue weighted by Gasteiger charge is 2.17. The number of aliphatic hydroxyl groups excluding tert-OH is 1. The van der Waals surface area contributed by atoms with Gasteiger partial charge in [-0.25, -0.2) is 4.98 Å². The van der Waals surface area contributed by atoms with E-state index in [0.717, 1.165) is 0 Å². The van der Waals surface area contributed by atoms with E-state index in [2.05, 4.69) is 9.97 Å². The number of rotatable bonds is 2.